The number of aromatic nitrogens is 1. The zero-order valence-corrected chi connectivity index (χ0v) is 14.6. The topological polar surface area (TPSA) is 36.4 Å². The van der Waals surface area contributed by atoms with Crippen molar-refractivity contribution in [2.24, 2.45) is 5.92 Å². The molecule has 1 aliphatic heterocycles. The van der Waals surface area contributed by atoms with Crippen LogP contribution in [0.3, 0.4) is 0 Å². The zero-order valence-electron chi connectivity index (χ0n) is 14.6. The first-order valence-electron chi connectivity index (χ1n) is 8.20. The van der Waals surface area contributed by atoms with Crippen LogP contribution in [0.2, 0.25) is 0 Å². The van der Waals surface area contributed by atoms with Gasteiger partial charge in [-0.25, -0.2) is 0 Å². The lowest BCUT2D eigenvalue weighted by Gasteiger charge is -2.22. The highest BCUT2D eigenvalue weighted by molar-refractivity contribution is 5.98. The Labute approximate surface area is 138 Å². The molecular formula is C19H25N3O. The van der Waals surface area contributed by atoms with Gasteiger partial charge in [0, 0.05) is 24.5 Å². The smallest absolute Gasteiger partial charge is 0.255 e. The quantitative estimate of drug-likeness (QED) is 0.855. The first kappa shape index (κ1) is 15.9. The van der Waals surface area contributed by atoms with Crippen LogP contribution in [0.1, 0.15) is 28.5 Å². The monoisotopic (exact) mass is 311 g/mol. The molecule has 122 valence electrons. The molecule has 1 saturated heterocycles. The van der Waals surface area contributed by atoms with Gasteiger partial charge in [0.2, 0.25) is 0 Å². The first-order chi connectivity index (χ1) is 10.9. The SMILES string of the molecule is Cc1ccc2cc(C(=O)N3CC(C)C(N(C)C)C3)c(C)nc2c1. The van der Waals surface area contributed by atoms with Crippen LogP contribution in [0.25, 0.3) is 10.9 Å². The van der Waals surface area contributed by atoms with E-state index in [1.165, 1.54) is 5.56 Å². The Morgan fingerprint density at radius 3 is 2.61 bits per heavy atom. The number of carbonyl (C=O) groups is 1. The summed E-state index contributed by atoms with van der Waals surface area (Å²) < 4.78 is 0. The summed E-state index contributed by atoms with van der Waals surface area (Å²) in [5, 5.41) is 1.03. The van der Waals surface area contributed by atoms with Gasteiger partial charge < -0.3 is 9.80 Å². The molecule has 0 radical (unpaired) electrons. The predicted molar refractivity (Wildman–Crippen MR) is 93.8 cm³/mol. The molecule has 2 unspecified atom stereocenters. The summed E-state index contributed by atoms with van der Waals surface area (Å²) in [4.78, 5) is 21.8. The van der Waals surface area contributed by atoms with E-state index in [9.17, 15) is 4.79 Å². The molecule has 0 N–H and O–H groups in total. The van der Waals surface area contributed by atoms with Crippen molar-refractivity contribution in [1.29, 1.82) is 0 Å². The third-order valence-corrected chi connectivity index (χ3v) is 4.92. The zero-order chi connectivity index (χ0) is 16.7. The van der Waals surface area contributed by atoms with Crippen molar-refractivity contribution in [2.45, 2.75) is 26.8 Å². The Kier molecular flexibility index (Phi) is 4.11. The molecule has 1 fully saturated rings. The molecule has 2 atom stereocenters. The van der Waals surface area contributed by atoms with E-state index < -0.39 is 0 Å². The number of nitrogens with zero attached hydrogens (tertiary/aromatic N) is 3. The van der Waals surface area contributed by atoms with Crippen molar-refractivity contribution < 1.29 is 4.79 Å². The molecule has 4 heteroatoms. The number of hydrogen-bond acceptors (Lipinski definition) is 3. The summed E-state index contributed by atoms with van der Waals surface area (Å²) in [6.45, 7) is 7.80. The highest BCUT2D eigenvalue weighted by Crippen LogP contribution is 2.24. The number of amides is 1. The molecule has 0 spiro atoms. The maximum Gasteiger partial charge on any atom is 0.255 e. The maximum absolute atomic E-state index is 13.0. The Balaban J connectivity index is 1.92. The molecule has 2 aromatic rings. The minimum absolute atomic E-state index is 0.105. The summed E-state index contributed by atoms with van der Waals surface area (Å²) in [6.07, 6.45) is 0. The van der Waals surface area contributed by atoms with Crippen LogP contribution in [-0.4, -0.2) is 53.9 Å². The van der Waals surface area contributed by atoms with Crippen molar-refractivity contribution in [2.75, 3.05) is 27.2 Å². The van der Waals surface area contributed by atoms with Crippen LogP contribution >= 0.6 is 0 Å². The normalized spacial score (nSPS) is 21.4. The summed E-state index contributed by atoms with van der Waals surface area (Å²) in [5.74, 6) is 0.596. The highest BCUT2D eigenvalue weighted by atomic mass is 16.2. The molecule has 3 rings (SSSR count). The van der Waals surface area contributed by atoms with Crippen LogP contribution in [0, 0.1) is 19.8 Å². The van der Waals surface area contributed by atoms with Crippen LogP contribution in [0.4, 0.5) is 0 Å². The van der Waals surface area contributed by atoms with Gasteiger partial charge >= 0.3 is 0 Å². The lowest BCUT2D eigenvalue weighted by Crippen LogP contribution is -2.36. The molecule has 0 aliphatic carbocycles. The van der Waals surface area contributed by atoms with Crippen molar-refractivity contribution in [1.82, 2.24) is 14.8 Å². The summed E-state index contributed by atoms with van der Waals surface area (Å²) in [5.41, 5.74) is 3.69. The molecule has 1 aromatic heterocycles. The average molecular weight is 311 g/mol. The van der Waals surface area contributed by atoms with E-state index in [-0.39, 0.29) is 5.91 Å². The van der Waals surface area contributed by atoms with E-state index in [2.05, 4.69) is 50.0 Å². The number of fused-ring (bicyclic) bond motifs is 1. The fraction of sp³-hybridized carbons (Fsp3) is 0.474. The predicted octanol–water partition coefficient (Wildman–Crippen LogP) is 2.87. The van der Waals surface area contributed by atoms with E-state index in [0.717, 1.165) is 35.2 Å². The van der Waals surface area contributed by atoms with Crippen LogP contribution < -0.4 is 0 Å². The third kappa shape index (κ3) is 2.95. The maximum atomic E-state index is 13.0. The molecule has 2 heterocycles. The van der Waals surface area contributed by atoms with Crippen LogP contribution in [0.5, 0.6) is 0 Å². The Morgan fingerprint density at radius 1 is 1.22 bits per heavy atom. The third-order valence-electron chi connectivity index (χ3n) is 4.92. The number of rotatable bonds is 2. The Bertz CT molecular complexity index is 754. The van der Waals surface area contributed by atoms with Gasteiger partial charge in [0.25, 0.3) is 5.91 Å². The fourth-order valence-electron chi connectivity index (χ4n) is 3.55. The van der Waals surface area contributed by atoms with E-state index >= 15 is 0 Å². The van der Waals surface area contributed by atoms with Crippen molar-refractivity contribution >= 4 is 16.8 Å². The minimum Gasteiger partial charge on any atom is -0.337 e. The van der Waals surface area contributed by atoms with Gasteiger partial charge in [-0.1, -0.05) is 19.1 Å². The number of likely N-dealkylation sites (tertiary alicyclic amines) is 1. The van der Waals surface area contributed by atoms with Gasteiger partial charge in [-0.3, -0.25) is 9.78 Å². The number of aryl methyl sites for hydroxylation is 2. The largest absolute Gasteiger partial charge is 0.337 e. The lowest BCUT2D eigenvalue weighted by atomic mass is 10.1. The molecule has 0 saturated carbocycles. The molecule has 0 bridgehead atoms. The number of likely N-dealkylation sites (N-methyl/N-ethyl adjacent to an activating group) is 1. The van der Waals surface area contributed by atoms with Crippen LogP contribution in [0.15, 0.2) is 24.3 Å². The van der Waals surface area contributed by atoms with E-state index in [0.29, 0.717) is 12.0 Å². The highest BCUT2D eigenvalue weighted by Gasteiger charge is 2.34. The lowest BCUT2D eigenvalue weighted by molar-refractivity contribution is 0.0780. The summed E-state index contributed by atoms with van der Waals surface area (Å²) >= 11 is 0. The summed E-state index contributed by atoms with van der Waals surface area (Å²) in [7, 11) is 4.17. The molecule has 1 aliphatic rings. The minimum atomic E-state index is 0.105. The van der Waals surface area contributed by atoms with Crippen LogP contribution in [-0.2, 0) is 0 Å². The number of benzene rings is 1. The number of pyridine rings is 1. The van der Waals surface area contributed by atoms with Crippen molar-refractivity contribution in [3.05, 3.63) is 41.1 Å². The van der Waals surface area contributed by atoms with Gasteiger partial charge in [-0.15, -0.1) is 0 Å². The second-order valence-electron chi connectivity index (χ2n) is 7.04. The van der Waals surface area contributed by atoms with Crippen molar-refractivity contribution in [3.63, 3.8) is 0 Å². The summed E-state index contributed by atoms with van der Waals surface area (Å²) in [6, 6.07) is 8.59. The standard InChI is InChI=1S/C19H25N3O/c1-12-6-7-15-9-16(14(3)20-17(15)8-12)19(23)22-10-13(2)18(11-22)21(4)5/h6-9,13,18H,10-11H2,1-5H3. The van der Waals surface area contributed by atoms with Gasteiger partial charge in [0.05, 0.1) is 16.8 Å². The number of carbonyl (C=O) groups excluding carboxylic acids is 1. The van der Waals surface area contributed by atoms with Crippen molar-refractivity contribution in [3.8, 4) is 0 Å². The Morgan fingerprint density at radius 2 is 1.96 bits per heavy atom. The van der Waals surface area contributed by atoms with E-state index in [1.807, 2.05) is 24.0 Å². The number of hydrogen-bond donors (Lipinski definition) is 0. The first-order valence-corrected chi connectivity index (χ1v) is 8.20. The molecular weight excluding hydrogens is 286 g/mol. The van der Waals surface area contributed by atoms with Gasteiger partial charge in [0.1, 0.15) is 0 Å². The second-order valence-corrected chi connectivity index (χ2v) is 7.04. The molecule has 1 aromatic carbocycles. The second kappa shape index (κ2) is 5.93. The van der Waals surface area contributed by atoms with E-state index in [4.69, 9.17) is 0 Å². The Hall–Kier alpha value is -1.94. The molecule has 1 amide bonds. The van der Waals surface area contributed by atoms with Gasteiger partial charge in [0.15, 0.2) is 0 Å². The van der Waals surface area contributed by atoms with Gasteiger partial charge in [-0.2, -0.15) is 0 Å². The van der Waals surface area contributed by atoms with E-state index in [1.54, 1.807) is 0 Å². The average Bonchev–Trinajstić information content (AvgIpc) is 2.88. The molecule has 4 nitrogen and oxygen atoms in total. The van der Waals surface area contributed by atoms with Gasteiger partial charge in [-0.05, 0) is 51.6 Å². The fourth-order valence-corrected chi connectivity index (χ4v) is 3.55. The molecule has 23 heavy (non-hydrogen) atoms.